The normalized spacial score (nSPS) is 17.0. The molecule has 27 heavy (non-hydrogen) atoms. The van der Waals surface area contributed by atoms with E-state index in [0.717, 1.165) is 6.07 Å². The molecule has 1 aliphatic rings. The quantitative estimate of drug-likeness (QED) is 0.882. The summed E-state index contributed by atoms with van der Waals surface area (Å²) >= 11 is 0. The first-order valence-electron chi connectivity index (χ1n) is 8.67. The maximum absolute atomic E-state index is 13.9. The van der Waals surface area contributed by atoms with Crippen molar-refractivity contribution in [3.05, 3.63) is 41.8 Å². The fraction of sp³-hybridized carbons (Fsp3) is 0.368. The number of carbonyl (C=O) groups excluding carboxylic acids is 2. The summed E-state index contributed by atoms with van der Waals surface area (Å²) in [6, 6.07) is 5.72. The molecular weight excluding hydrogens is 353 g/mol. The molecule has 0 aliphatic carbocycles. The van der Waals surface area contributed by atoms with Gasteiger partial charge in [-0.3, -0.25) is 19.4 Å². The molecule has 1 aromatic heterocycles. The van der Waals surface area contributed by atoms with Gasteiger partial charge in [0, 0.05) is 31.7 Å². The number of carbonyl (C=O) groups is 3. The predicted octanol–water partition coefficient (Wildman–Crippen LogP) is 1.77. The van der Waals surface area contributed by atoms with Crippen molar-refractivity contribution >= 4 is 28.7 Å². The van der Waals surface area contributed by atoms with Crippen LogP contribution in [0.2, 0.25) is 0 Å². The van der Waals surface area contributed by atoms with Crippen LogP contribution in [0.15, 0.2) is 30.5 Å². The largest absolute Gasteiger partial charge is 0.481 e. The lowest BCUT2D eigenvalue weighted by Gasteiger charge is -2.32. The van der Waals surface area contributed by atoms with Crippen molar-refractivity contribution < 1.29 is 23.9 Å². The lowest BCUT2D eigenvalue weighted by Crippen LogP contribution is -2.46. The number of nitrogens with zero attached hydrogens (tertiary/aromatic N) is 3. The van der Waals surface area contributed by atoms with Crippen LogP contribution < -0.4 is 0 Å². The standard InChI is InChI=1S/C19H20FN3O4/c1-22(11-16(24)23-7-3-5-13(10-23)19(26)27)18(25)15-9-14(20)8-12-4-2-6-21-17(12)15/h2,4,6,8-9,13H,3,5,7,10-11H2,1H3,(H,26,27). The van der Waals surface area contributed by atoms with Gasteiger partial charge in [-0.15, -0.1) is 0 Å². The summed E-state index contributed by atoms with van der Waals surface area (Å²) in [7, 11) is 1.46. The van der Waals surface area contributed by atoms with E-state index >= 15 is 0 Å². The van der Waals surface area contributed by atoms with Crippen molar-refractivity contribution in [2.45, 2.75) is 12.8 Å². The number of likely N-dealkylation sites (N-methyl/N-ethyl adjacent to an activating group) is 1. The SMILES string of the molecule is CN(CC(=O)N1CCCC(C(=O)O)C1)C(=O)c1cc(F)cc2cccnc12. The Labute approximate surface area is 155 Å². The third-order valence-electron chi connectivity index (χ3n) is 4.74. The van der Waals surface area contributed by atoms with E-state index < -0.39 is 23.6 Å². The van der Waals surface area contributed by atoms with Gasteiger partial charge in [-0.2, -0.15) is 0 Å². The van der Waals surface area contributed by atoms with E-state index in [-0.39, 0.29) is 24.6 Å². The first kappa shape index (κ1) is 18.8. The molecule has 3 rings (SSSR count). The van der Waals surface area contributed by atoms with Gasteiger partial charge in [0.1, 0.15) is 5.82 Å². The number of aliphatic carboxylic acids is 1. The summed E-state index contributed by atoms with van der Waals surface area (Å²) in [5.41, 5.74) is 0.454. The van der Waals surface area contributed by atoms with Crippen molar-refractivity contribution in [2.75, 3.05) is 26.7 Å². The Morgan fingerprint density at radius 3 is 2.89 bits per heavy atom. The molecule has 0 radical (unpaired) electrons. The highest BCUT2D eigenvalue weighted by molar-refractivity contribution is 6.06. The number of benzene rings is 1. The van der Waals surface area contributed by atoms with E-state index in [1.54, 1.807) is 12.1 Å². The Kier molecular flexibility index (Phi) is 5.34. The van der Waals surface area contributed by atoms with Crippen LogP contribution in [-0.4, -0.2) is 64.4 Å². The van der Waals surface area contributed by atoms with Crippen LogP contribution in [-0.2, 0) is 9.59 Å². The predicted molar refractivity (Wildman–Crippen MR) is 95.6 cm³/mol. The molecule has 0 saturated carbocycles. The van der Waals surface area contributed by atoms with Crippen molar-refractivity contribution in [1.82, 2.24) is 14.8 Å². The van der Waals surface area contributed by atoms with Gasteiger partial charge in [-0.1, -0.05) is 6.07 Å². The van der Waals surface area contributed by atoms with Crippen molar-refractivity contribution in [2.24, 2.45) is 5.92 Å². The number of hydrogen-bond donors (Lipinski definition) is 1. The zero-order valence-corrected chi connectivity index (χ0v) is 14.9. The number of carboxylic acid groups (broad SMARTS) is 1. The van der Waals surface area contributed by atoms with Crippen LogP contribution in [0.5, 0.6) is 0 Å². The number of aromatic nitrogens is 1. The molecule has 1 atom stereocenters. The molecule has 2 heterocycles. The summed E-state index contributed by atoms with van der Waals surface area (Å²) in [5, 5.41) is 9.64. The number of rotatable bonds is 4. The van der Waals surface area contributed by atoms with E-state index in [0.29, 0.717) is 30.3 Å². The summed E-state index contributed by atoms with van der Waals surface area (Å²) in [6.45, 7) is 0.395. The lowest BCUT2D eigenvalue weighted by molar-refractivity contribution is -0.145. The fourth-order valence-electron chi connectivity index (χ4n) is 3.30. The number of likely N-dealkylation sites (tertiary alicyclic amines) is 1. The lowest BCUT2D eigenvalue weighted by atomic mass is 9.98. The zero-order valence-electron chi connectivity index (χ0n) is 14.9. The maximum atomic E-state index is 13.9. The monoisotopic (exact) mass is 373 g/mol. The second kappa shape index (κ2) is 7.69. The smallest absolute Gasteiger partial charge is 0.308 e. The topological polar surface area (TPSA) is 90.8 Å². The average Bonchev–Trinajstić information content (AvgIpc) is 2.66. The van der Waals surface area contributed by atoms with Crippen LogP contribution >= 0.6 is 0 Å². The maximum Gasteiger partial charge on any atom is 0.308 e. The van der Waals surface area contributed by atoms with E-state index in [9.17, 15) is 18.8 Å². The van der Waals surface area contributed by atoms with E-state index in [1.807, 2.05) is 0 Å². The summed E-state index contributed by atoms with van der Waals surface area (Å²) in [6.07, 6.45) is 2.66. The summed E-state index contributed by atoms with van der Waals surface area (Å²) in [4.78, 5) is 43.2. The third-order valence-corrected chi connectivity index (χ3v) is 4.74. The highest BCUT2D eigenvalue weighted by Crippen LogP contribution is 2.20. The van der Waals surface area contributed by atoms with Gasteiger partial charge in [0.25, 0.3) is 5.91 Å². The van der Waals surface area contributed by atoms with Crippen molar-refractivity contribution in [3.63, 3.8) is 0 Å². The molecule has 1 unspecified atom stereocenters. The molecule has 1 fully saturated rings. The number of carboxylic acids is 1. The van der Waals surface area contributed by atoms with E-state index in [1.165, 1.54) is 29.1 Å². The summed E-state index contributed by atoms with van der Waals surface area (Å²) < 4.78 is 13.9. The second-order valence-corrected chi connectivity index (χ2v) is 6.71. The van der Waals surface area contributed by atoms with Gasteiger partial charge < -0.3 is 14.9 Å². The van der Waals surface area contributed by atoms with Crippen LogP contribution in [0.25, 0.3) is 10.9 Å². The molecular formula is C19H20FN3O4. The number of piperidine rings is 1. The minimum Gasteiger partial charge on any atom is -0.481 e. The molecule has 0 bridgehead atoms. The van der Waals surface area contributed by atoms with Crippen LogP contribution in [0.1, 0.15) is 23.2 Å². The molecule has 2 aromatic rings. The third kappa shape index (κ3) is 4.05. The number of halogens is 1. The Balaban J connectivity index is 1.75. The average molecular weight is 373 g/mol. The van der Waals surface area contributed by atoms with Gasteiger partial charge in [0.05, 0.1) is 23.5 Å². The molecule has 0 spiro atoms. The second-order valence-electron chi connectivity index (χ2n) is 6.71. The van der Waals surface area contributed by atoms with Crippen molar-refractivity contribution in [1.29, 1.82) is 0 Å². The Bertz CT molecular complexity index is 902. The molecule has 1 aliphatic heterocycles. The summed E-state index contributed by atoms with van der Waals surface area (Å²) in [5.74, 6) is -2.91. The van der Waals surface area contributed by atoms with E-state index in [2.05, 4.69) is 4.98 Å². The van der Waals surface area contributed by atoms with Crippen LogP contribution in [0, 0.1) is 11.7 Å². The molecule has 7 nitrogen and oxygen atoms in total. The van der Waals surface area contributed by atoms with Gasteiger partial charge in [-0.25, -0.2) is 4.39 Å². The molecule has 1 N–H and O–H groups in total. The molecule has 8 heteroatoms. The number of hydrogen-bond acceptors (Lipinski definition) is 4. The molecule has 1 saturated heterocycles. The van der Waals surface area contributed by atoms with Gasteiger partial charge >= 0.3 is 5.97 Å². The number of fused-ring (bicyclic) bond motifs is 1. The Morgan fingerprint density at radius 2 is 2.15 bits per heavy atom. The van der Waals surface area contributed by atoms with Crippen LogP contribution in [0.4, 0.5) is 4.39 Å². The Morgan fingerprint density at radius 1 is 1.37 bits per heavy atom. The fourth-order valence-corrected chi connectivity index (χ4v) is 3.30. The van der Waals surface area contributed by atoms with E-state index in [4.69, 9.17) is 5.11 Å². The van der Waals surface area contributed by atoms with Gasteiger partial charge in [-0.05, 0) is 31.0 Å². The first-order chi connectivity index (χ1) is 12.9. The molecule has 2 amide bonds. The zero-order chi connectivity index (χ0) is 19.6. The highest BCUT2D eigenvalue weighted by Gasteiger charge is 2.29. The van der Waals surface area contributed by atoms with Crippen molar-refractivity contribution in [3.8, 4) is 0 Å². The van der Waals surface area contributed by atoms with Gasteiger partial charge in [0.15, 0.2) is 0 Å². The molecule has 142 valence electrons. The minimum atomic E-state index is -0.922. The number of pyridine rings is 1. The highest BCUT2D eigenvalue weighted by atomic mass is 19.1. The Hall–Kier alpha value is -3.03. The van der Waals surface area contributed by atoms with Crippen LogP contribution in [0.3, 0.4) is 0 Å². The minimum absolute atomic E-state index is 0.0861. The molecule has 1 aromatic carbocycles. The first-order valence-corrected chi connectivity index (χ1v) is 8.67. The van der Waals surface area contributed by atoms with Gasteiger partial charge in [0.2, 0.25) is 5.91 Å². The number of amides is 2.